The Balaban J connectivity index is 1.29. The number of hydrogen-bond donors (Lipinski definition) is 1. The Labute approximate surface area is 154 Å². The van der Waals surface area contributed by atoms with Crippen molar-refractivity contribution in [1.82, 2.24) is 0 Å². The van der Waals surface area contributed by atoms with Crippen molar-refractivity contribution in [3.63, 3.8) is 0 Å². The number of carbonyl (C=O) groups excluding carboxylic acids is 2. The van der Waals surface area contributed by atoms with Crippen molar-refractivity contribution in [2.45, 2.75) is 45.4 Å². The van der Waals surface area contributed by atoms with Gasteiger partial charge in [-0.05, 0) is 87.5 Å². The molecule has 4 saturated carbocycles. The van der Waals surface area contributed by atoms with Gasteiger partial charge in [-0.1, -0.05) is 0 Å². The molecule has 1 aromatic carbocycles. The zero-order valence-corrected chi connectivity index (χ0v) is 15.3. The van der Waals surface area contributed by atoms with Crippen molar-refractivity contribution >= 4 is 17.6 Å². The van der Waals surface area contributed by atoms with Crippen LogP contribution in [0.3, 0.4) is 0 Å². The average Bonchev–Trinajstić information content (AvgIpc) is 2.60. The van der Waals surface area contributed by atoms with Gasteiger partial charge in [0.15, 0.2) is 6.61 Å². The zero-order chi connectivity index (χ0) is 18.1. The van der Waals surface area contributed by atoms with Gasteiger partial charge in [0, 0.05) is 5.69 Å². The van der Waals surface area contributed by atoms with Crippen molar-refractivity contribution in [3.8, 4) is 5.75 Å². The summed E-state index contributed by atoms with van der Waals surface area (Å²) in [5, 5.41) is 2.77. The first kappa shape index (κ1) is 17.4. The molecular formula is C21H27NO4. The molecule has 5 rings (SSSR count). The molecule has 26 heavy (non-hydrogen) atoms. The van der Waals surface area contributed by atoms with Gasteiger partial charge in [-0.15, -0.1) is 0 Å². The Hall–Kier alpha value is -2.04. The standard InChI is InChI=1S/C21H27NO4/c1-2-25-18-5-3-17(4-6-18)22-19(23)13-26-20(24)21-10-14-7-15(11-21)9-16(8-14)12-21/h3-6,14-16H,2,7-13H2,1H3,(H,22,23). The summed E-state index contributed by atoms with van der Waals surface area (Å²) < 4.78 is 10.8. The maximum Gasteiger partial charge on any atom is 0.312 e. The number of amides is 1. The van der Waals surface area contributed by atoms with Gasteiger partial charge in [0.25, 0.3) is 5.91 Å². The van der Waals surface area contributed by atoms with Crippen LogP contribution in [0.25, 0.3) is 0 Å². The summed E-state index contributed by atoms with van der Waals surface area (Å²) in [5.74, 6) is 2.37. The van der Waals surface area contributed by atoms with Gasteiger partial charge >= 0.3 is 5.97 Å². The molecule has 4 aliphatic carbocycles. The summed E-state index contributed by atoms with van der Waals surface area (Å²) in [6.45, 7) is 2.31. The first-order valence-corrected chi connectivity index (χ1v) is 9.76. The van der Waals surface area contributed by atoms with E-state index in [0.29, 0.717) is 30.0 Å². The van der Waals surface area contributed by atoms with Gasteiger partial charge < -0.3 is 14.8 Å². The van der Waals surface area contributed by atoms with Gasteiger partial charge in [-0.25, -0.2) is 0 Å². The Morgan fingerprint density at radius 2 is 1.62 bits per heavy atom. The Morgan fingerprint density at radius 1 is 1.04 bits per heavy atom. The molecule has 5 nitrogen and oxygen atoms in total. The van der Waals surface area contributed by atoms with Crippen molar-refractivity contribution < 1.29 is 19.1 Å². The monoisotopic (exact) mass is 357 g/mol. The van der Waals surface area contributed by atoms with Crippen LogP contribution in [0.5, 0.6) is 5.75 Å². The minimum absolute atomic E-state index is 0.154. The lowest BCUT2D eigenvalue weighted by Gasteiger charge is -2.55. The third kappa shape index (κ3) is 3.44. The number of benzene rings is 1. The first-order chi connectivity index (χ1) is 12.6. The number of esters is 1. The van der Waals surface area contributed by atoms with E-state index < -0.39 is 0 Å². The lowest BCUT2D eigenvalue weighted by molar-refractivity contribution is -0.172. The highest BCUT2D eigenvalue weighted by Crippen LogP contribution is 2.60. The molecule has 4 fully saturated rings. The lowest BCUT2D eigenvalue weighted by Crippen LogP contribution is -2.50. The van der Waals surface area contributed by atoms with Crippen molar-refractivity contribution in [2.24, 2.45) is 23.2 Å². The van der Waals surface area contributed by atoms with Crippen LogP contribution >= 0.6 is 0 Å². The molecule has 0 saturated heterocycles. The molecular weight excluding hydrogens is 330 g/mol. The molecule has 1 aromatic rings. The predicted octanol–water partition coefficient (Wildman–Crippen LogP) is 3.78. The summed E-state index contributed by atoms with van der Waals surface area (Å²) in [6.07, 6.45) is 6.72. The van der Waals surface area contributed by atoms with Gasteiger partial charge in [0.1, 0.15) is 5.75 Å². The highest BCUT2D eigenvalue weighted by atomic mass is 16.5. The summed E-state index contributed by atoms with van der Waals surface area (Å²) >= 11 is 0. The van der Waals surface area contributed by atoms with E-state index in [4.69, 9.17) is 9.47 Å². The van der Waals surface area contributed by atoms with Crippen LogP contribution in [0.4, 0.5) is 5.69 Å². The van der Waals surface area contributed by atoms with E-state index in [1.807, 2.05) is 6.92 Å². The topological polar surface area (TPSA) is 64.6 Å². The maximum atomic E-state index is 12.8. The molecule has 0 heterocycles. The molecule has 5 heteroatoms. The molecule has 140 valence electrons. The minimum Gasteiger partial charge on any atom is -0.494 e. The summed E-state index contributed by atoms with van der Waals surface area (Å²) in [6, 6.07) is 7.18. The lowest BCUT2D eigenvalue weighted by atomic mass is 9.49. The van der Waals surface area contributed by atoms with Crippen LogP contribution < -0.4 is 10.1 Å². The molecule has 0 aliphatic heterocycles. The second-order valence-corrected chi connectivity index (χ2v) is 8.28. The van der Waals surface area contributed by atoms with Crippen LogP contribution in [0.1, 0.15) is 45.4 Å². The molecule has 1 N–H and O–H groups in total. The highest BCUT2D eigenvalue weighted by molar-refractivity contribution is 5.93. The third-order valence-corrected chi connectivity index (χ3v) is 6.25. The fourth-order valence-electron chi connectivity index (χ4n) is 5.64. The van der Waals surface area contributed by atoms with E-state index in [9.17, 15) is 9.59 Å². The number of rotatable bonds is 6. The van der Waals surface area contributed by atoms with Gasteiger partial charge in [-0.2, -0.15) is 0 Å². The number of anilines is 1. The van der Waals surface area contributed by atoms with Crippen LogP contribution in [0.2, 0.25) is 0 Å². The Morgan fingerprint density at radius 3 is 2.15 bits per heavy atom. The van der Waals surface area contributed by atoms with Crippen molar-refractivity contribution in [3.05, 3.63) is 24.3 Å². The molecule has 0 unspecified atom stereocenters. The summed E-state index contributed by atoms with van der Waals surface area (Å²) in [7, 11) is 0. The number of ether oxygens (including phenoxy) is 2. The fraction of sp³-hybridized carbons (Fsp3) is 0.619. The number of hydrogen-bond acceptors (Lipinski definition) is 4. The highest BCUT2D eigenvalue weighted by Gasteiger charge is 2.55. The van der Waals surface area contributed by atoms with Crippen LogP contribution in [-0.4, -0.2) is 25.1 Å². The quantitative estimate of drug-likeness (QED) is 0.787. The molecule has 0 radical (unpaired) electrons. The van der Waals surface area contributed by atoms with E-state index in [2.05, 4.69) is 5.32 Å². The minimum atomic E-state index is -0.311. The summed E-state index contributed by atoms with van der Waals surface area (Å²) in [5.41, 5.74) is 0.359. The van der Waals surface area contributed by atoms with Crippen molar-refractivity contribution in [1.29, 1.82) is 0 Å². The molecule has 4 aliphatic rings. The molecule has 0 atom stereocenters. The van der Waals surface area contributed by atoms with E-state index in [1.165, 1.54) is 19.3 Å². The number of carbonyl (C=O) groups is 2. The van der Waals surface area contributed by atoms with Gasteiger partial charge in [0.2, 0.25) is 0 Å². The Kier molecular flexibility index (Phi) is 4.63. The van der Waals surface area contributed by atoms with Crippen LogP contribution in [-0.2, 0) is 14.3 Å². The smallest absolute Gasteiger partial charge is 0.312 e. The van der Waals surface area contributed by atoms with E-state index in [0.717, 1.165) is 25.0 Å². The van der Waals surface area contributed by atoms with E-state index in [-0.39, 0.29) is 23.9 Å². The molecule has 0 aromatic heterocycles. The van der Waals surface area contributed by atoms with Gasteiger partial charge in [-0.3, -0.25) is 9.59 Å². The van der Waals surface area contributed by atoms with Gasteiger partial charge in [0.05, 0.1) is 12.0 Å². The largest absolute Gasteiger partial charge is 0.494 e. The molecule has 1 amide bonds. The average molecular weight is 357 g/mol. The molecule has 4 bridgehead atoms. The summed E-state index contributed by atoms with van der Waals surface area (Å²) in [4.78, 5) is 24.9. The molecule has 0 spiro atoms. The zero-order valence-electron chi connectivity index (χ0n) is 15.3. The number of nitrogens with one attached hydrogen (secondary N) is 1. The van der Waals surface area contributed by atoms with Crippen molar-refractivity contribution in [2.75, 3.05) is 18.5 Å². The van der Waals surface area contributed by atoms with E-state index in [1.54, 1.807) is 24.3 Å². The Bertz CT molecular complexity index is 646. The first-order valence-electron chi connectivity index (χ1n) is 9.76. The van der Waals surface area contributed by atoms with Crippen LogP contribution in [0, 0.1) is 23.2 Å². The maximum absolute atomic E-state index is 12.8. The normalized spacial score (nSPS) is 31.5. The second kappa shape index (κ2) is 6.93. The SMILES string of the molecule is CCOc1ccc(NC(=O)COC(=O)C23CC4CC(CC(C4)C2)C3)cc1. The second-order valence-electron chi connectivity index (χ2n) is 8.28. The van der Waals surface area contributed by atoms with Crippen LogP contribution in [0.15, 0.2) is 24.3 Å². The van der Waals surface area contributed by atoms with E-state index >= 15 is 0 Å². The predicted molar refractivity (Wildman–Crippen MR) is 97.8 cm³/mol. The fourth-order valence-corrected chi connectivity index (χ4v) is 5.64. The third-order valence-electron chi connectivity index (χ3n) is 6.25.